The molecule has 0 unspecified atom stereocenters. The van der Waals surface area contributed by atoms with Crippen LogP contribution in [0.25, 0.3) is 0 Å². The number of nitrogens with one attached hydrogen (secondary N) is 1. The molecule has 1 aromatic rings. The van der Waals surface area contributed by atoms with Crippen LogP contribution >= 0.6 is 11.3 Å². The third kappa shape index (κ3) is 4.57. The number of carbonyl (C=O) groups excluding carboxylic acids is 2. The Morgan fingerprint density at radius 1 is 1.17 bits per heavy atom. The maximum Gasteiger partial charge on any atom is 0.261 e. The first kappa shape index (κ1) is 17.4. The molecule has 3 rings (SSSR count). The highest BCUT2D eigenvalue weighted by Gasteiger charge is 2.27. The Morgan fingerprint density at radius 3 is 2.58 bits per heavy atom. The Morgan fingerprint density at radius 2 is 1.92 bits per heavy atom. The first-order valence-corrected chi connectivity index (χ1v) is 9.95. The second-order valence-corrected chi connectivity index (χ2v) is 7.64. The second kappa shape index (κ2) is 8.62. The number of piperazine rings is 1. The average molecular weight is 350 g/mol. The molecule has 2 amide bonds. The summed E-state index contributed by atoms with van der Waals surface area (Å²) >= 11 is 1.44. The Kier molecular flexibility index (Phi) is 6.26. The van der Waals surface area contributed by atoms with Crippen LogP contribution in [0.5, 0.6) is 0 Å². The minimum Gasteiger partial charge on any atom is -0.351 e. The van der Waals surface area contributed by atoms with Gasteiger partial charge >= 0.3 is 0 Å². The van der Waals surface area contributed by atoms with Crippen LogP contribution in [0.4, 0.5) is 0 Å². The van der Waals surface area contributed by atoms with Gasteiger partial charge in [0.25, 0.3) is 5.91 Å². The number of nitrogens with zero attached hydrogens (tertiary/aromatic N) is 2. The standard InChI is InChI=1S/C18H27N3O2S/c22-17(8-3-9-19-18(23)16-7-4-14-24-16)21-12-10-20(11-13-21)15-5-1-2-6-15/h4,7,14-15H,1-3,5-6,8-13H2,(H,19,23). The van der Waals surface area contributed by atoms with Gasteiger partial charge in [0.1, 0.15) is 0 Å². The van der Waals surface area contributed by atoms with Crippen molar-refractivity contribution < 1.29 is 9.59 Å². The highest BCUT2D eigenvalue weighted by atomic mass is 32.1. The lowest BCUT2D eigenvalue weighted by atomic mass is 10.1. The van der Waals surface area contributed by atoms with Crippen molar-refractivity contribution in [2.75, 3.05) is 32.7 Å². The fourth-order valence-electron chi connectivity index (χ4n) is 3.70. The van der Waals surface area contributed by atoms with Gasteiger partial charge in [-0.3, -0.25) is 14.5 Å². The molecule has 0 bridgehead atoms. The summed E-state index contributed by atoms with van der Waals surface area (Å²) in [5, 5.41) is 4.77. The van der Waals surface area contributed by atoms with Crippen LogP contribution in [-0.4, -0.2) is 60.4 Å². The number of rotatable bonds is 6. The normalized spacial score (nSPS) is 19.6. The van der Waals surface area contributed by atoms with Crippen LogP contribution < -0.4 is 5.32 Å². The monoisotopic (exact) mass is 349 g/mol. The van der Waals surface area contributed by atoms with Crippen LogP contribution in [0, 0.1) is 0 Å². The number of hydrogen-bond acceptors (Lipinski definition) is 4. The highest BCUT2D eigenvalue weighted by molar-refractivity contribution is 7.12. The molecule has 1 saturated carbocycles. The molecule has 2 fully saturated rings. The van der Waals surface area contributed by atoms with Crippen molar-refractivity contribution >= 4 is 23.2 Å². The summed E-state index contributed by atoms with van der Waals surface area (Å²) in [7, 11) is 0. The van der Waals surface area contributed by atoms with Crippen molar-refractivity contribution in [3.63, 3.8) is 0 Å². The van der Waals surface area contributed by atoms with Gasteiger partial charge in [0.15, 0.2) is 0 Å². The van der Waals surface area contributed by atoms with E-state index in [0.29, 0.717) is 19.4 Å². The number of carbonyl (C=O) groups is 2. The van der Waals surface area contributed by atoms with E-state index in [2.05, 4.69) is 10.2 Å². The molecule has 1 aliphatic heterocycles. The van der Waals surface area contributed by atoms with Crippen LogP contribution in [0.2, 0.25) is 0 Å². The first-order valence-electron chi connectivity index (χ1n) is 9.07. The van der Waals surface area contributed by atoms with E-state index in [1.807, 2.05) is 22.4 Å². The zero-order valence-electron chi connectivity index (χ0n) is 14.2. The van der Waals surface area contributed by atoms with Crippen molar-refractivity contribution in [3.05, 3.63) is 22.4 Å². The second-order valence-electron chi connectivity index (χ2n) is 6.69. The van der Waals surface area contributed by atoms with Gasteiger partial charge in [-0.05, 0) is 30.7 Å². The van der Waals surface area contributed by atoms with Gasteiger partial charge in [-0.2, -0.15) is 0 Å². The fourth-order valence-corrected chi connectivity index (χ4v) is 4.34. The molecule has 24 heavy (non-hydrogen) atoms. The van der Waals surface area contributed by atoms with Crippen molar-refractivity contribution in [1.29, 1.82) is 0 Å². The van der Waals surface area contributed by atoms with Crippen LogP contribution in [-0.2, 0) is 4.79 Å². The lowest BCUT2D eigenvalue weighted by Gasteiger charge is -2.38. The van der Waals surface area contributed by atoms with Gasteiger partial charge < -0.3 is 10.2 Å². The zero-order chi connectivity index (χ0) is 16.8. The van der Waals surface area contributed by atoms with Gasteiger partial charge in [0.2, 0.25) is 5.91 Å². The lowest BCUT2D eigenvalue weighted by Crippen LogP contribution is -2.51. The van der Waals surface area contributed by atoms with E-state index in [1.54, 1.807) is 0 Å². The topological polar surface area (TPSA) is 52.7 Å². The summed E-state index contributed by atoms with van der Waals surface area (Å²) in [6.07, 6.45) is 6.62. The summed E-state index contributed by atoms with van der Waals surface area (Å²) < 4.78 is 0. The lowest BCUT2D eigenvalue weighted by molar-refractivity contribution is -0.133. The van der Waals surface area contributed by atoms with E-state index >= 15 is 0 Å². The third-order valence-corrected chi connectivity index (χ3v) is 5.97. The largest absolute Gasteiger partial charge is 0.351 e. The van der Waals surface area contributed by atoms with E-state index in [4.69, 9.17) is 0 Å². The number of thiophene rings is 1. The van der Waals surface area contributed by atoms with E-state index in [9.17, 15) is 9.59 Å². The van der Waals surface area contributed by atoms with Crippen LogP contribution in [0.1, 0.15) is 48.2 Å². The quantitative estimate of drug-likeness (QED) is 0.802. The van der Waals surface area contributed by atoms with Crippen LogP contribution in [0.3, 0.4) is 0 Å². The molecule has 132 valence electrons. The Balaban J connectivity index is 1.30. The molecule has 1 saturated heterocycles. The first-order chi connectivity index (χ1) is 11.7. The van der Waals surface area contributed by atoms with E-state index in [1.165, 1.54) is 37.0 Å². The molecule has 1 aromatic heterocycles. The maximum absolute atomic E-state index is 12.3. The van der Waals surface area contributed by atoms with Crippen molar-refractivity contribution in [1.82, 2.24) is 15.1 Å². The predicted octanol–water partition coefficient (Wildman–Crippen LogP) is 2.34. The molecule has 0 spiro atoms. The van der Waals surface area contributed by atoms with E-state index < -0.39 is 0 Å². The minimum atomic E-state index is -0.0392. The molecular weight excluding hydrogens is 322 g/mol. The molecular formula is C18H27N3O2S. The van der Waals surface area contributed by atoms with E-state index in [-0.39, 0.29) is 11.8 Å². The summed E-state index contributed by atoms with van der Waals surface area (Å²) in [6.45, 7) is 4.31. The van der Waals surface area contributed by atoms with Crippen molar-refractivity contribution in [3.8, 4) is 0 Å². The highest BCUT2D eigenvalue weighted by Crippen LogP contribution is 2.24. The molecule has 1 N–H and O–H groups in total. The van der Waals surface area contributed by atoms with Crippen molar-refractivity contribution in [2.45, 2.75) is 44.6 Å². The molecule has 0 radical (unpaired) electrons. The summed E-state index contributed by atoms with van der Waals surface area (Å²) in [5.41, 5.74) is 0. The van der Waals surface area contributed by atoms with Gasteiger partial charge in [-0.15, -0.1) is 11.3 Å². The van der Waals surface area contributed by atoms with Crippen LogP contribution in [0.15, 0.2) is 17.5 Å². The maximum atomic E-state index is 12.3. The third-order valence-electron chi connectivity index (χ3n) is 5.11. The Hall–Kier alpha value is -1.40. The molecule has 0 aromatic carbocycles. The SMILES string of the molecule is O=C(NCCCC(=O)N1CCN(C2CCCC2)CC1)c1cccs1. The smallest absolute Gasteiger partial charge is 0.261 e. The van der Waals surface area contributed by atoms with Gasteiger partial charge in [-0.25, -0.2) is 0 Å². The average Bonchev–Trinajstić information content (AvgIpc) is 3.32. The molecule has 1 aliphatic carbocycles. The molecule has 2 aliphatic rings. The molecule has 6 heteroatoms. The summed E-state index contributed by atoms with van der Waals surface area (Å²) in [6, 6.07) is 4.44. The molecule has 0 atom stereocenters. The predicted molar refractivity (Wildman–Crippen MR) is 96.3 cm³/mol. The summed E-state index contributed by atoms with van der Waals surface area (Å²) in [4.78, 5) is 29.4. The molecule has 5 nitrogen and oxygen atoms in total. The van der Waals surface area contributed by atoms with Gasteiger partial charge in [-0.1, -0.05) is 18.9 Å². The minimum absolute atomic E-state index is 0.0392. The Bertz CT molecular complexity index is 532. The zero-order valence-corrected chi connectivity index (χ0v) is 15.0. The number of hydrogen-bond donors (Lipinski definition) is 1. The van der Waals surface area contributed by atoms with E-state index in [0.717, 1.165) is 37.1 Å². The fraction of sp³-hybridized carbons (Fsp3) is 0.667. The molecule has 2 heterocycles. The summed E-state index contributed by atoms with van der Waals surface area (Å²) in [5.74, 6) is 0.189. The van der Waals surface area contributed by atoms with Gasteiger partial charge in [0, 0.05) is 45.2 Å². The number of amides is 2. The Labute approximate surface area is 148 Å². The van der Waals surface area contributed by atoms with Gasteiger partial charge in [0.05, 0.1) is 4.88 Å². The van der Waals surface area contributed by atoms with Crippen molar-refractivity contribution in [2.24, 2.45) is 0 Å².